The number of likely N-dealkylation sites (N-methyl/N-ethyl adjacent to an activating group) is 1. The van der Waals surface area contributed by atoms with Gasteiger partial charge in [-0.05, 0) is 74.4 Å². The molecule has 4 rings (SSSR count). The molecule has 2 bridgehead atoms. The van der Waals surface area contributed by atoms with Gasteiger partial charge in [-0.1, -0.05) is 20.8 Å². The Balaban J connectivity index is 1.79. The summed E-state index contributed by atoms with van der Waals surface area (Å²) in [5, 5.41) is 22.4. The third-order valence-corrected chi connectivity index (χ3v) is 11.5. The lowest BCUT2D eigenvalue weighted by atomic mass is 9.77. The number of carbonyl (C=O) groups is 1. The van der Waals surface area contributed by atoms with Crippen LogP contribution >= 0.6 is 0 Å². The number of ether oxygens (including phenoxy) is 7. The molecule has 4 aliphatic rings. The van der Waals surface area contributed by atoms with Gasteiger partial charge in [0.1, 0.15) is 18.3 Å². The first-order valence-electron chi connectivity index (χ1n) is 17.4. The highest BCUT2D eigenvalue weighted by atomic mass is 16.7. The standard InChI is InChI=1S/C35H62N2O10/c1-17-15-35(9)31(46-33-26(38)24(37(11)12)14-18(2)42-33)20(4)28(44-25-16-34(8,41-13)30(39)23(7)43-25)21(5)32(40)45-29(22(6)36-10)19(3)27(17)47-35/h17-21,23-31,33,38-39H,14-16H2,1-13H3/t17?,18?,19-,20-,21+,23?,24?,25-,26?,27?,28-,29+,30-,31+,33-,34?,35+/m0/s1. The molecular formula is C35H62N2O10. The normalized spacial score (nSPS) is 50.3. The van der Waals surface area contributed by atoms with Crippen molar-refractivity contribution in [2.45, 2.75) is 160 Å². The molecule has 4 aliphatic heterocycles. The summed E-state index contributed by atoms with van der Waals surface area (Å²) in [6.45, 7) is 17.5. The van der Waals surface area contributed by atoms with Crippen LogP contribution in [0, 0.1) is 23.7 Å². The third kappa shape index (κ3) is 7.76. The van der Waals surface area contributed by atoms with Crippen LogP contribution in [0.3, 0.4) is 0 Å². The first kappa shape index (κ1) is 38.6. The molecule has 47 heavy (non-hydrogen) atoms. The van der Waals surface area contributed by atoms with Crippen LogP contribution in [-0.2, 0) is 38.0 Å². The van der Waals surface area contributed by atoms with Crippen LogP contribution in [0.5, 0.6) is 0 Å². The van der Waals surface area contributed by atoms with E-state index in [1.54, 1.807) is 28.0 Å². The lowest BCUT2D eigenvalue weighted by Crippen LogP contribution is -2.60. The molecule has 0 spiro atoms. The fraction of sp³-hybridized carbons (Fsp3) is 0.943. The van der Waals surface area contributed by atoms with E-state index in [0.29, 0.717) is 18.6 Å². The molecule has 4 saturated heterocycles. The van der Waals surface area contributed by atoms with Crippen molar-refractivity contribution in [3.8, 4) is 0 Å². The Morgan fingerprint density at radius 2 is 1.66 bits per heavy atom. The molecule has 0 amide bonds. The van der Waals surface area contributed by atoms with E-state index in [2.05, 4.69) is 18.8 Å². The quantitative estimate of drug-likeness (QED) is 0.305. The third-order valence-electron chi connectivity index (χ3n) is 11.5. The number of nitrogens with zero attached hydrogens (tertiary/aromatic N) is 2. The zero-order chi connectivity index (χ0) is 35.2. The van der Waals surface area contributed by atoms with Gasteiger partial charge < -0.3 is 48.3 Å². The molecule has 272 valence electrons. The molecule has 0 aromatic carbocycles. The smallest absolute Gasteiger partial charge is 0.311 e. The molecule has 0 aliphatic carbocycles. The molecule has 4 heterocycles. The monoisotopic (exact) mass is 670 g/mol. The van der Waals surface area contributed by atoms with Crippen molar-refractivity contribution in [3.63, 3.8) is 0 Å². The Bertz CT molecular complexity index is 1110. The molecule has 7 unspecified atom stereocenters. The molecule has 4 fully saturated rings. The summed E-state index contributed by atoms with van der Waals surface area (Å²) in [6.07, 6.45) is -4.93. The van der Waals surface area contributed by atoms with Crippen LogP contribution in [0.4, 0.5) is 0 Å². The first-order chi connectivity index (χ1) is 21.9. The number of aliphatic hydroxyl groups excluding tert-OH is 2. The van der Waals surface area contributed by atoms with Crippen LogP contribution < -0.4 is 0 Å². The van der Waals surface area contributed by atoms with Gasteiger partial charge in [0.15, 0.2) is 12.6 Å². The number of hydrogen-bond acceptors (Lipinski definition) is 12. The predicted molar refractivity (Wildman–Crippen MR) is 176 cm³/mol. The molecule has 0 radical (unpaired) electrons. The topological polar surface area (TPSA) is 138 Å². The molecule has 2 N–H and O–H groups in total. The van der Waals surface area contributed by atoms with Crippen molar-refractivity contribution in [3.05, 3.63) is 0 Å². The van der Waals surface area contributed by atoms with Crippen LogP contribution in [0.15, 0.2) is 4.99 Å². The van der Waals surface area contributed by atoms with Gasteiger partial charge in [-0.25, -0.2) is 0 Å². The van der Waals surface area contributed by atoms with E-state index in [9.17, 15) is 15.0 Å². The maximum absolute atomic E-state index is 14.1. The van der Waals surface area contributed by atoms with E-state index < -0.39 is 78.2 Å². The number of esters is 1. The minimum Gasteiger partial charge on any atom is -0.456 e. The van der Waals surface area contributed by atoms with Crippen molar-refractivity contribution in [1.29, 1.82) is 0 Å². The van der Waals surface area contributed by atoms with Gasteiger partial charge in [0.05, 0.1) is 47.6 Å². The zero-order valence-electron chi connectivity index (χ0n) is 30.8. The van der Waals surface area contributed by atoms with Gasteiger partial charge in [-0.3, -0.25) is 9.79 Å². The minimum absolute atomic E-state index is 0.104. The number of aliphatic imine (C=N–C) groups is 1. The van der Waals surface area contributed by atoms with Crippen molar-refractivity contribution < 1.29 is 48.2 Å². The van der Waals surface area contributed by atoms with E-state index in [0.717, 1.165) is 0 Å². The highest BCUT2D eigenvalue weighted by molar-refractivity contribution is 5.89. The summed E-state index contributed by atoms with van der Waals surface area (Å²) in [4.78, 5) is 20.5. The number of methoxy groups -OCH3 is 1. The van der Waals surface area contributed by atoms with E-state index in [1.165, 1.54) is 0 Å². The second kappa shape index (κ2) is 14.9. The molecule has 0 aromatic rings. The molecule has 12 heteroatoms. The summed E-state index contributed by atoms with van der Waals surface area (Å²) in [6, 6.07) is -0.168. The van der Waals surface area contributed by atoms with Crippen molar-refractivity contribution >= 4 is 11.7 Å². The number of carbonyl (C=O) groups excluding carboxylic acids is 1. The molecule has 12 nitrogen and oxygen atoms in total. The summed E-state index contributed by atoms with van der Waals surface area (Å²) >= 11 is 0. The lowest BCUT2D eigenvalue weighted by Gasteiger charge is -2.48. The Morgan fingerprint density at radius 1 is 1.00 bits per heavy atom. The summed E-state index contributed by atoms with van der Waals surface area (Å²) in [7, 11) is 7.15. The van der Waals surface area contributed by atoms with Crippen molar-refractivity contribution in [1.82, 2.24) is 4.90 Å². The average Bonchev–Trinajstić information content (AvgIpc) is 3.33. The fourth-order valence-electron chi connectivity index (χ4n) is 8.54. The van der Waals surface area contributed by atoms with Gasteiger partial charge in [-0.15, -0.1) is 0 Å². The fourth-order valence-corrected chi connectivity index (χ4v) is 8.54. The average molecular weight is 671 g/mol. The Hall–Kier alpha value is -1.22. The SMILES string of the molecule is CN=C(C)[C@@H]1OC(=O)[C@H](C)[C@@H](O[C@H]2CC(C)(OC)[C@@H](O)C(C)O2)[C@H](C)[C@@H](O[C@@H]2OC(C)CC(N(C)C)C2O)[C@@]2(C)CC(C)C(O2)[C@@H]1C. The highest BCUT2D eigenvalue weighted by Gasteiger charge is 2.57. The maximum Gasteiger partial charge on any atom is 0.311 e. The molecule has 0 aromatic heterocycles. The number of rotatable bonds is 7. The summed E-state index contributed by atoms with van der Waals surface area (Å²) in [5.41, 5.74) is -1.05. The van der Waals surface area contributed by atoms with Gasteiger partial charge in [-0.2, -0.15) is 0 Å². The highest BCUT2D eigenvalue weighted by Crippen LogP contribution is 2.47. The number of fused-ring (bicyclic) bond motifs is 2. The van der Waals surface area contributed by atoms with Crippen LogP contribution in [0.25, 0.3) is 0 Å². The summed E-state index contributed by atoms with van der Waals surface area (Å²) in [5.74, 6) is -1.73. The Morgan fingerprint density at radius 3 is 2.26 bits per heavy atom. The molecular weight excluding hydrogens is 608 g/mol. The van der Waals surface area contributed by atoms with Gasteiger partial charge in [0, 0.05) is 44.2 Å². The number of aliphatic hydroxyl groups is 2. The van der Waals surface area contributed by atoms with E-state index in [1.807, 2.05) is 53.6 Å². The minimum atomic E-state index is -0.932. The van der Waals surface area contributed by atoms with Crippen molar-refractivity contribution in [2.75, 3.05) is 28.3 Å². The van der Waals surface area contributed by atoms with E-state index >= 15 is 0 Å². The molecule has 17 atom stereocenters. The van der Waals surface area contributed by atoms with Gasteiger partial charge >= 0.3 is 5.97 Å². The largest absolute Gasteiger partial charge is 0.456 e. The van der Waals surface area contributed by atoms with Crippen LogP contribution in [-0.4, -0.2) is 134 Å². The van der Waals surface area contributed by atoms with Crippen LogP contribution in [0.1, 0.15) is 81.6 Å². The number of cyclic esters (lactones) is 1. The van der Waals surface area contributed by atoms with E-state index in [4.69, 9.17) is 33.2 Å². The maximum atomic E-state index is 14.1. The van der Waals surface area contributed by atoms with Gasteiger partial charge in [0.25, 0.3) is 0 Å². The van der Waals surface area contributed by atoms with Crippen LogP contribution in [0.2, 0.25) is 0 Å². The Kier molecular flexibility index (Phi) is 12.3. The lowest BCUT2D eigenvalue weighted by molar-refractivity contribution is -0.318. The van der Waals surface area contributed by atoms with Gasteiger partial charge in [0.2, 0.25) is 0 Å². The predicted octanol–water partition coefficient (Wildman–Crippen LogP) is 3.19. The number of hydrogen-bond donors (Lipinski definition) is 2. The van der Waals surface area contributed by atoms with Crippen molar-refractivity contribution in [2.24, 2.45) is 28.7 Å². The Labute approximate surface area is 281 Å². The van der Waals surface area contributed by atoms with E-state index in [-0.39, 0.29) is 36.5 Å². The second-order valence-corrected chi connectivity index (χ2v) is 15.5. The second-order valence-electron chi connectivity index (χ2n) is 15.5. The zero-order valence-corrected chi connectivity index (χ0v) is 30.8. The first-order valence-corrected chi connectivity index (χ1v) is 17.4. The molecule has 0 saturated carbocycles. The summed E-state index contributed by atoms with van der Waals surface area (Å²) < 4.78 is 45.2.